The summed E-state index contributed by atoms with van der Waals surface area (Å²) in [5, 5.41) is 9.80. The number of anilines is 2. The first-order valence-electron chi connectivity index (χ1n) is 6.80. The van der Waals surface area contributed by atoms with Crippen molar-refractivity contribution in [3.8, 4) is 0 Å². The van der Waals surface area contributed by atoms with Crippen molar-refractivity contribution >= 4 is 45.3 Å². The van der Waals surface area contributed by atoms with Crippen molar-refractivity contribution in [2.24, 2.45) is 0 Å². The SMILES string of the molecule is Cc1csc(NC(=O)c2cccc(NC(=O)c3cccs3)c2)n1. The maximum atomic E-state index is 12.2. The number of hydrogen-bond donors (Lipinski definition) is 2. The molecule has 23 heavy (non-hydrogen) atoms. The molecule has 2 amide bonds. The van der Waals surface area contributed by atoms with Crippen molar-refractivity contribution in [1.29, 1.82) is 0 Å². The van der Waals surface area contributed by atoms with E-state index < -0.39 is 0 Å². The number of carbonyl (C=O) groups excluding carboxylic acids is 2. The molecular weight excluding hydrogens is 330 g/mol. The van der Waals surface area contributed by atoms with Crippen molar-refractivity contribution in [3.63, 3.8) is 0 Å². The van der Waals surface area contributed by atoms with Crippen LogP contribution in [0.4, 0.5) is 10.8 Å². The van der Waals surface area contributed by atoms with Gasteiger partial charge in [-0.1, -0.05) is 12.1 Å². The molecule has 3 aromatic rings. The van der Waals surface area contributed by atoms with E-state index in [4.69, 9.17) is 0 Å². The average molecular weight is 343 g/mol. The summed E-state index contributed by atoms with van der Waals surface area (Å²) in [6.45, 7) is 1.87. The maximum absolute atomic E-state index is 12.2. The molecule has 116 valence electrons. The number of nitrogens with one attached hydrogen (secondary N) is 2. The molecule has 0 aliphatic rings. The number of aryl methyl sites for hydroxylation is 1. The number of nitrogens with zero attached hydrogens (tertiary/aromatic N) is 1. The lowest BCUT2D eigenvalue weighted by atomic mass is 10.2. The zero-order valence-corrected chi connectivity index (χ0v) is 13.8. The van der Waals surface area contributed by atoms with E-state index in [1.807, 2.05) is 23.8 Å². The minimum absolute atomic E-state index is 0.187. The van der Waals surface area contributed by atoms with Crippen molar-refractivity contribution in [2.75, 3.05) is 10.6 Å². The number of benzene rings is 1. The predicted octanol–water partition coefficient (Wildman–Crippen LogP) is 4.02. The lowest BCUT2D eigenvalue weighted by Crippen LogP contribution is -2.14. The first-order valence-corrected chi connectivity index (χ1v) is 8.56. The van der Waals surface area contributed by atoms with Gasteiger partial charge in [0.2, 0.25) is 0 Å². The molecule has 3 rings (SSSR count). The number of carbonyl (C=O) groups is 2. The van der Waals surface area contributed by atoms with E-state index in [2.05, 4.69) is 15.6 Å². The highest BCUT2D eigenvalue weighted by Gasteiger charge is 2.11. The van der Waals surface area contributed by atoms with Gasteiger partial charge in [-0.3, -0.25) is 14.9 Å². The second-order valence-corrected chi connectivity index (χ2v) is 6.57. The number of rotatable bonds is 4. The molecule has 0 radical (unpaired) electrons. The van der Waals surface area contributed by atoms with Crippen molar-refractivity contribution in [3.05, 3.63) is 63.3 Å². The topological polar surface area (TPSA) is 71.1 Å². The van der Waals surface area contributed by atoms with Crippen LogP contribution in [-0.2, 0) is 0 Å². The van der Waals surface area contributed by atoms with Crippen molar-refractivity contribution in [1.82, 2.24) is 4.98 Å². The highest BCUT2D eigenvalue weighted by molar-refractivity contribution is 7.14. The molecule has 0 saturated heterocycles. The molecule has 2 heterocycles. The molecule has 0 fully saturated rings. The standard InChI is InChI=1S/C16H13N3O2S2/c1-10-9-23-16(17-10)19-14(20)11-4-2-5-12(8-11)18-15(21)13-6-3-7-22-13/h2-9H,1H3,(H,18,21)(H,17,19,20). The lowest BCUT2D eigenvalue weighted by molar-refractivity contribution is 0.101. The van der Waals surface area contributed by atoms with Gasteiger partial charge in [-0.15, -0.1) is 22.7 Å². The Morgan fingerprint density at radius 3 is 2.61 bits per heavy atom. The summed E-state index contributed by atoms with van der Waals surface area (Å²) in [6.07, 6.45) is 0. The number of thiazole rings is 1. The Hall–Kier alpha value is -2.51. The number of thiophene rings is 1. The molecule has 7 heteroatoms. The molecule has 5 nitrogen and oxygen atoms in total. The number of hydrogen-bond acceptors (Lipinski definition) is 5. The van der Waals surface area contributed by atoms with Gasteiger partial charge in [0.15, 0.2) is 5.13 Å². The van der Waals surface area contributed by atoms with Crippen LogP contribution < -0.4 is 10.6 Å². The monoisotopic (exact) mass is 343 g/mol. The van der Waals surface area contributed by atoms with Crippen LogP contribution in [0.25, 0.3) is 0 Å². The average Bonchev–Trinajstić information content (AvgIpc) is 3.19. The molecule has 2 N–H and O–H groups in total. The molecule has 0 saturated carbocycles. The third-order valence-corrected chi connectivity index (χ3v) is 4.71. The van der Waals surface area contributed by atoms with Crippen LogP contribution in [0.2, 0.25) is 0 Å². The minimum Gasteiger partial charge on any atom is -0.321 e. The Kier molecular flexibility index (Phi) is 4.50. The summed E-state index contributed by atoms with van der Waals surface area (Å²) in [5.41, 5.74) is 1.90. The van der Waals surface area contributed by atoms with Crippen LogP contribution in [0.15, 0.2) is 47.2 Å². The quantitative estimate of drug-likeness (QED) is 0.751. The molecule has 0 aliphatic heterocycles. The van der Waals surface area contributed by atoms with Crippen LogP contribution in [0.3, 0.4) is 0 Å². The summed E-state index contributed by atoms with van der Waals surface area (Å²) in [7, 11) is 0. The maximum Gasteiger partial charge on any atom is 0.265 e. The number of amides is 2. The van der Waals surface area contributed by atoms with E-state index >= 15 is 0 Å². The molecule has 0 spiro atoms. The summed E-state index contributed by atoms with van der Waals surface area (Å²) in [4.78, 5) is 29.1. The molecule has 0 atom stereocenters. The van der Waals surface area contributed by atoms with E-state index in [1.54, 1.807) is 30.3 Å². The molecule has 0 unspecified atom stereocenters. The van der Waals surface area contributed by atoms with Gasteiger partial charge in [0.05, 0.1) is 10.6 Å². The fraction of sp³-hybridized carbons (Fsp3) is 0.0625. The molecule has 0 aliphatic carbocycles. The van der Waals surface area contributed by atoms with Crippen LogP contribution in [0.1, 0.15) is 25.7 Å². The van der Waals surface area contributed by atoms with E-state index in [1.165, 1.54) is 22.7 Å². The molecule has 0 bridgehead atoms. The van der Waals surface area contributed by atoms with Crippen molar-refractivity contribution < 1.29 is 9.59 Å². The zero-order valence-electron chi connectivity index (χ0n) is 12.2. The van der Waals surface area contributed by atoms with Gasteiger partial charge in [0.1, 0.15) is 0 Å². The van der Waals surface area contributed by atoms with Crippen molar-refractivity contribution in [2.45, 2.75) is 6.92 Å². The smallest absolute Gasteiger partial charge is 0.265 e. The molecule has 1 aromatic carbocycles. The van der Waals surface area contributed by atoms with Gasteiger partial charge < -0.3 is 5.32 Å². The van der Waals surface area contributed by atoms with Gasteiger partial charge in [-0.25, -0.2) is 4.98 Å². The normalized spacial score (nSPS) is 10.3. The first-order chi connectivity index (χ1) is 11.1. The summed E-state index contributed by atoms with van der Waals surface area (Å²) in [6, 6.07) is 10.4. The predicted molar refractivity (Wildman–Crippen MR) is 93.5 cm³/mol. The Bertz CT molecular complexity index is 841. The van der Waals surface area contributed by atoms with Gasteiger partial charge in [0, 0.05) is 16.6 Å². The van der Waals surface area contributed by atoms with E-state index in [9.17, 15) is 9.59 Å². The fourth-order valence-electron chi connectivity index (χ4n) is 1.92. The minimum atomic E-state index is -0.258. The Labute approximate surface area is 141 Å². The van der Waals surface area contributed by atoms with Crippen LogP contribution in [-0.4, -0.2) is 16.8 Å². The van der Waals surface area contributed by atoms with E-state index in [0.717, 1.165) is 5.69 Å². The second-order valence-electron chi connectivity index (χ2n) is 4.76. The Morgan fingerprint density at radius 2 is 1.91 bits per heavy atom. The van der Waals surface area contributed by atoms with Gasteiger partial charge in [-0.05, 0) is 36.6 Å². The highest BCUT2D eigenvalue weighted by atomic mass is 32.1. The second kappa shape index (κ2) is 6.72. The largest absolute Gasteiger partial charge is 0.321 e. The number of aromatic nitrogens is 1. The van der Waals surface area contributed by atoms with Gasteiger partial charge >= 0.3 is 0 Å². The highest BCUT2D eigenvalue weighted by Crippen LogP contribution is 2.18. The zero-order chi connectivity index (χ0) is 16.2. The summed E-state index contributed by atoms with van der Waals surface area (Å²) >= 11 is 2.74. The molecular formula is C16H13N3O2S2. The van der Waals surface area contributed by atoms with Crippen LogP contribution in [0.5, 0.6) is 0 Å². The lowest BCUT2D eigenvalue weighted by Gasteiger charge is -2.06. The van der Waals surface area contributed by atoms with Gasteiger partial charge in [-0.2, -0.15) is 0 Å². The molecule has 2 aromatic heterocycles. The third-order valence-electron chi connectivity index (χ3n) is 2.97. The third kappa shape index (κ3) is 3.82. The summed E-state index contributed by atoms with van der Waals surface area (Å²) in [5.74, 6) is -0.445. The van der Waals surface area contributed by atoms with E-state index in [0.29, 0.717) is 21.3 Å². The van der Waals surface area contributed by atoms with Crippen LogP contribution >= 0.6 is 22.7 Å². The first kappa shape index (κ1) is 15.4. The van der Waals surface area contributed by atoms with Gasteiger partial charge in [0.25, 0.3) is 11.8 Å². The van der Waals surface area contributed by atoms with E-state index in [-0.39, 0.29) is 11.8 Å². The Morgan fingerprint density at radius 1 is 1.04 bits per heavy atom. The fourth-order valence-corrected chi connectivity index (χ4v) is 3.22. The Balaban J connectivity index is 1.71. The summed E-state index contributed by atoms with van der Waals surface area (Å²) < 4.78 is 0. The van der Waals surface area contributed by atoms with Crippen LogP contribution in [0, 0.1) is 6.92 Å².